The molecule has 11 nitrogen and oxygen atoms in total. The van der Waals surface area contributed by atoms with E-state index < -0.39 is 17.8 Å². The number of nitroso groups, excluding NO2 is 1. The summed E-state index contributed by atoms with van der Waals surface area (Å²) in [6.07, 6.45) is 13.7. The fourth-order valence-corrected chi connectivity index (χ4v) is 2.85. The molecule has 202 valence electrons. The van der Waals surface area contributed by atoms with Crippen molar-refractivity contribution in [3.05, 3.63) is 17.1 Å². The zero-order chi connectivity index (χ0) is 25.8. The topological polar surface area (TPSA) is 142 Å². The Morgan fingerprint density at radius 2 is 1.34 bits per heavy atom. The van der Waals surface area contributed by atoms with Crippen LogP contribution in [0.3, 0.4) is 0 Å². The van der Waals surface area contributed by atoms with Crippen molar-refractivity contribution in [3.63, 3.8) is 0 Å². The number of carbonyl (C=O) groups excluding carboxylic acids is 3. The van der Waals surface area contributed by atoms with E-state index in [0.29, 0.717) is 26.4 Å². The van der Waals surface area contributed by atoms with E-state index >= 15 is 0 Å². The molecule has 0 saturated heterocycles. The first-order valence-electron chi connectivity index (χ1n) is 12.4. The van der Waals surface area contributed by atoms with E-state index in [1.807, 2.05) is 0 Å². The molecule has 0 aromatic heterocycles. The summed E-state index contributed by atoms with van der Waals surface area (Å²) in [5, 5.41) is 7.55. The van der Waals surface area contributed by atoms with Crippen LogP contribution in [0, 0.1) is 4.91 Å². The average molecular weight is 502 g/mol. The van der Waals surface area contributed by atoms with Crippen molar-refractivity contribution in [3.8, 4) is 0 Å². The van der Waals surface area contributed by atoms with E-state index in [1.54, 1.807) is 0 Å². The molecular formula is C24H43N3O8. The minimum Gasteiger partial charge on any atom is -0.462 e. The third-order valence-corrected chi connectivity index (χ3v) is 4.75. The highest BCUT2D eigenvalue weighted by Crippen LogP contribution is 2.07. The third kappa shape index (κ3) is 24.6. The number of esters is 1. The Labute approximate surface area is 208 Å². The molecule has 0 aliphatic heterocycles. The number of unbranched alkanes of at least 4 members (excludes halogenated alkanes) is 7. The van der Waals surface area contributed by atoms with Gasteiger partial charge in [0.05, 0.1) is 26.4 Å². The molecule has 0 fully saturated rings. The number of nitrogens with zero attached hydrogens (tertiary/aromatic N) is 1. The maximum Gasteiger partial charge on any atom is 0.332 e. The molecule has 35 heavy (non-hydrogen) atoms. The molecule has 2 N–H and O–H groups in total. The molecule has 0 radical (unpaired) electrons. The lowest BCUT2D eigenvalue weighted by molar-refractivity contribution is -0.150. The molecule has 2 amide bonds. The van der Waals surface area contributed by atoms with Crippen LogP contribution in [-0.2, 0) is 33.3 Å². The Morgan fingerprint density at radius 1 is 0.714 bits per heavy atom. The maximum absolute atomic E-state index is 11.5. The van der Waals surface area contributed by atoms with Gasteiger partial charge in [0.2, 0.25) is 0 Å². The molecule has 0 unspecified atom stereocenters. The molecular weight excluding hydrogens is 458 g/mol. The van der Waals surface area contributed by atoms with Crippen molar-refractivity contribution in [1.82, 2.24) is 10.6 Å². The van der Waals surface area contributed by atoms with Gasteiger partial charge in [-0.15, -0.1) is 0 Å². The van der Waals surface area contributed by atoms with Crippen LogP contribution in [0.15, 0.2) is 17.3 Å². The highest BCUT2D eigenvalue weighted by Gasteiger charge is 2.08. The number of carbonyl (C=O) groups is 3. The van der Waals surface area contributed by atoms with Crippen LogP contribution in [0.4, 0.5) is 0 Å². The molecule has 11 heteroatoms. The molecule has 0 spiro atoms. The van der Waals surface area contributed by atoms with Crippen LogP contribution in [-0.4, -0.2) is 84.2 Å². The minimum absolute atomic E-state index is 0.0486. The highest BCUT2D eigenvalue weighted by atomic mass is 16.6. The van der Waals surface area contributed by atoms with Gasteiger partial charge >= 0.3 is 17.8 Å². The summed E-state index contributed by atoms with van der Waals surface area (Å²) in [6.45, 7) is 2.62. The Morgan fingerprint density at radius 3 is 2.06 bits per heavy atom. The smallest absolute Gasteiger partial charge is 0.332 e. The van der Waals surface area contributed by atoms with Crippen molar-refractivity contribution >= 4 is 17.8 Å². The molecule has 0 saturated carbocycles. The number of nitrogens with one attached hydrogen (secondary N) is 2. The van der Waals surface area contributed by atoms with Gasteiger partial charge in [-0.1, -0.05) is 36.6 Å². The number of ether oxygens (including phenoxy) is 4. The second-order valence-corrected chi connectivity index (χ2v) is 7.71. The molecule has 0 aliphatic rings. The predicted molar refractivity (Wildman–Crippen MR) is 132 cm³/mol. The Kier molecular flexibility index (Phi) is 24.5. The molecule has 0 atom stereocenters. The van der Waals surface area contributed by atoms with Gasteiger partial charge in [0.1, 0.15) is 19.8 Å². The number of amides is 2. The van der Waals surface area contributed by atoms with Crippen molar-refractivity contribution in [2.75, 3.05) is 66.4 Å². The molecule has 0 bridgehead atoms. The second-order valence-electron chi connectivity index (χ2n) is 7.71. The molecule has 0 heterocycles. The lowest BCUT2D eigenvalue weighted by Crippen LogP contribution is -2.38. The Bertz CT molecular complexity index is 587. The van der Waals surface area contributed by atoms with Gasteiger partial charge in [-0.3, -0.25) is 9.59 Å². The van der Waals surface area contributed by atoms with Crippen molar-refractivity contribution < 1.29 is 33.3 Å². The van der Waals surface area contributed by atoms with Crippen LogP contribution in [0.1, 0.15) is 57.8 Å². The first kappa shape index (κ1) is 32.6. The molecule has 0 rings (SSSR count). The van der Waals surface area contributed by atoms with E-state index in [2.05, 4.69) is 28.0 Å². The van der Waals surface area contributed by atoms with Crippen LogP contribution in [0.5, 0.6) is 0 Å². The van der Waals surface area contributed by atoms with Crippen LogP contribution >= 0.6 is 0 Å². The molecule has 0 aromatic carbocycles. The summed E-state index contributed by atoms with van der Waals surface area (Å²) in [5.74, 6) is -1.59. The highest BCUT2D eigenvalue weighted by molar-refractivity contribution is 6.34. The second kappa shape index (κ2) is 26.2. The summed E-state index contributed by atoms with van der Waals surface area (Å²) in [6, 6.07) is 0. The van der Waals surface area contributed by atoms with Gasteiger partial charge < -0.3 is 29.6 Å². The monoisotopic (exact) mass is 501 g/mol. The quantitative estimate of drug-likeness (QED) is 0.0674. The first-order valence-corrected chi connectivity index (χ1v) is 12.4. The summed E-state index contributed by atoms with van der Waals surface area (Å²) < 4.78 is 20.7. The number of likely N-dealkylation sites (N-methyl/N-ethyl adjacent to an activating group) is 1. The fourth-order valence-electron chi connectivity index (χ4n) is 2.85. The van der Waals surface area contributed by atoms with E-state index in [9.17, 15) is 19.3 Å². The fraction of sp³-hybridized carbons (Fsp3) is 0.792. The normalized spacial score (nSPS) is 10.9. The van der Waals surface area contributed by atoms with Gasteiger partial charge in [0.15, 0.2) is 0 Å². The van der Waals surface area contributed by atoms with Gasteiger partial charge in [-0.05, 0) is 38.5 Å². The van der Waals surface area contributed by atoms with Crippen LogP contribution in [0.2, 0.25) is 0 Å². The Balaban J connectivity index is 3.28. The summed E-state index contributed by atoms with van der Waals surface area (Å²) in [5.41, 5.74) is 0. The molecule has 0 aliphatic carbocycles. The van der Waals surface area contributed by atoms with E-state index in [4.69, 9.17) is 18.9 Å². The zero-order valence-corrected chi connectivity index (χ0v) is 21.1. The maximum atomic E-state index is 11.5. The SMILES string of the molecule is CNC(=O)C(=O)NCCCC/C=C\CCCCCCCOCC(=O)OCCOCCOCCN=O. The van der Waals surface area contributed by atoms with Gasteiger partial charge in [-0.2, -0.15) is 4.91 Å². The summed E-state index contributed by atoms with van der Waals surface area (Å²) in [4.78, 5) is 43.7. The largest absolute Gasteiger partial charge is 0.462 e. The minimum atomic E-state index is -0.610. The van der Waals surface area contributed by atoms with Crippen molar-refractivity contribution in [2.45, 2.75) is 57.8 Å². The van der Waals surface area contributed by atoms with Gasteiger partial charge in [-0.25, -0.2) is 4.79 Å². The van der Waals surface area contributed by atoms with E-state index in [-0.39, 0.29) is 33.0 Å². The van der Waals surface area contributed by atoms with Gasteiger partial charge in [0.25, 0.3) is 0 Å². The van der Waals surface area contributed by atoms with Crippen LogP contribution in [0.25, 0.3) is 0 Å². The van der Waals surface area contributed by atoms with Crippen molar-refractivity contribution in [1.29, 1.82) is 0 Å². The Hall–Kier alpha value is -2.37. The van der Waals surface area contributed by atoms with E-state index in [0.717, 1.165) is 57.8 Å². The van der Waals surface area contributed by atoms with Gasteiger partial charge in [0, 0.05) is 20.2 Å². The standard InChI is InChI=1S/C24H43N3O8/c1-25-23(29)24(30)26-13-11-9-7-5-3-2-4-6-8-10-12-15-34-21-22(28)35-20-19-33-18-17-32-16-14-27-31/h3,5H,2,4,6-21H2,1H3,(H,25,29)(H,26,30)/b5-3-. The summed E-state index contributed by atoms with van der Waals surface area (Å²) >= 11 is 0. The lowest BCUT2D eigenvalue weighted by atomic mass is 10.1. The summed E-state index contributed by atoms with van der Waals surface area (Å²) in [7, 11) is 1.43. The number of hydrogen-bond acceptors (Lipinski definition) is 9. The lowest BCUT2D eigenvalue weighted by Gasteiger charge is -2.07. The van der Waals surface area contributed by atoms with E-state index in [1.165, 1.54) is 7.05 Å². The van der Waals surface area contributed by atoms with Crippen LogP contribution < -0.4 is 10.6 Å². The number of allylic oxidation sites excluding steroid dienone is 2. The van der Waals surface area contributed by atoms with Crippen molar-refractivity contribution in [2.24, 2.45) is 5.18 Å². The number of hydrogen-bond donors (Lipinski definition) is 2. The number of rotatable bonds is 24. The molecule has 0 aromatic rings. The zero-order valence-electron chi connectivity index (χ0n) is 21.1. The predicted octanol–water partition coefficient (Wildman–Crippen LogP) is 2.28. The first-order chi connectivity index (χ1) is 17.1. The average Bonchev–Trinajstić information content (AvgIpc) is 2.86. The third-order valence-electron chi connectivity index (χ3n) is 4.75.